The van der Waals surface area contributed by atoms with Crippen molar-refractivity contribution in [1.82, 2.24) is 14.7 Å². The van der Waals surface area contributed by atoms with Crippen molar-refractivity contribution in [2.24, 2.45) is 0 Å². The molecule has 1 fully saturated rings. The van der Waals surface area contributed by atoms with Crippen LogP contribution in [-0.2, 0) is 16.9 Å². The van der Waals surface area contributed by atoms with Gasteiger partial charge in [0.15, 0.2) is 17.3 Å². The highest BCUT2D eigenvalue weighted by Gasteiger charge is 2.32. The number of piperidine rings is 1. The summed E-state index contributed by atoms with van der Waals surface area (Å²) in [5, 5.41) is 0.389. The van der Waals surface area contributed by atoms with Crippen LogP contribution in [0.15, 0.2) is 17.4 Å². The molecule has 31 heavy (non-hydrogen) atoms. The molecule has 0 saturated carbocycles. The van der Waals surface area contributed by atoms with E-state index in [1.54, 1.807) is 6.20 Å². The summed E-state index contributed by atoms with van der Waals surface area (Å²) in [4.78, 5) is 16.1. The molecule has 0 amide bonds. The third kappa shape index (κ3) is 3.46. The molecule has 2 aliphatic heterocycles. The van der Waals surface area contributed by atoms with E-state index in [0.29, 0.717) is 10.7 Å². The molecule has 1 unspecified atom stereocenters. The molecule has 4 heterocycles. The molecule has 11 heteroatoms. The highest BCUT2D eigenvalue weighted by molar-refractivity contribution is 7.90. The third-order valence-corrected chi connectivity index (χ3v) is 7.11. The van der Waals surface area contributed by atoms with Gasteiger partial charge < -0.3 is 19.0 Å². The lowest BCUT2D eigenvalue weighted by molar-refractivity contribution is -0.000205. The molecular formula is C20H19ClF2N4O3S. The zero-order valence-corrected chi connectivity index (χ0v) is 18.2. The first-order chi connectivity index (χ1) is 15.0. The number of ether oxygens (including phenoxy) is 1. The predicted molar refractivity (Wildman–Crippen MR) is 112 cm³/mol. The highest BCUT2D eigenvalue weighted by Crippen LogP contribution is 2.36. The van der Waals surface area contributed by atoms with Crippen molar-refractivity contribution in [1.29, 1.82) is 0 Å². The molecule has 2 bridgehead atoms. The molecule has 5 rings (SSSR count). The Kier molecular flexibility index (Phi) is 5.31. The van der Waals surface area contributed by atoms with Gasteiger partial charge in [-0.15, -0.1) is 4.73 Å². The van der Waals surface area contributed by atoms with Crippen LogP contribution in [0.3, 0.4) is 0 Å². The van der Waals surface area contributed by atoms with Gasteiger partial charge in [0.2, 0.25) is 5.82 Å². The van der Waals surface area contributed by atoms with Crippen molar-refractivity contribution in [2.75, 3.05) is 24.8 Å². The number of aromatic nitrogens is 3. The van der Waals surface area contributed by atoms with E-state index in [0.717, 1.165) is 41.9 Å². The van der Waals surface area contributed by atoms with Gasteiger partial charge in [0.1, 0.15) is 16.7 Å². The molecule has 0 N–H and O–H groups in total. The minimum absolute atomic E-state index is 0.0511. The Morgan fingerprint density at radius 1 is 1.23 bits per heavy atom. The second kappa shape index (κ2) is 7.99. The fourth-order valence-corrected chi connectivity index (χ4v) is 5.59. The van der Waals surface area contributed by atoms with Crippen LogP contribution in [0.1, 0.15) is 30.5 Å². The van der Waals surface area contributed by atoms with Crippen molar-refractivity contribution in [3.05, 3.63) is 40.2 Å². The lowest BCUT2D eigenvalue weighted by Crippen LogP contribution is -2.30. The fourth-order valence-electron chi connectivity index (χ4n) is 4.00. The van der Waals surface area contributed by atoms with Crippen molar-refractivity contribution in [2.45, 2.75) is 37.1 Å². The SMILES string of the molecule is Cc1cnc(C[S+]([O-])c2nc3c(F)c(F)c4cc3n2OCO4)c(Cl)c1N1CCCCC1. The molecule has 0 spiro atoms. The van der Waals surface area contributed by atoms with Crippen LogP contribution in [0.4, 0.5) is 14.5 Å². The largest absolute Gasteiger partial charge is 0.609 e. The second-order valence-electron chi connectivity index (χ2n) is 7.54. The summed E-state index contributed by atoms with van der Waals surface area (Å²) in [6, 6.07) is 1.28. The van der Waals surface area contributed by atoms with Gasteiger partial charge in [-0.1, -0.05) is 11.6 Å². The number of aryl methyl sites for hydroxylation is 1. The first-order valence-corrected chi connectivity index (χ1v) is 11.6. The summed E-state index contributed by atoms with van der Waals surface area (Å²) in [6.07, 6.45) is 5.08. The molecule has 164 valence electrons. The maximum absolute atomic E-state index is 14.4. The molecule has 7 nitrogen and oxygen atoms in total. The van der Waals surface area contributed by atoms with Gasteiger partial charge in [-0.25, -0.2) is 4.39 Å². The topological polar surface area (TPSA) is 75.5 Å². The fraction of sp³-hybridized carbons (Fsp3) is 0.400. The van der Waals surface area contributed by atoms with Crippen molar-refractivity contribution in [3.8, 4) is 5.75 Å². The van der Waals surface area contributed by atoms with E-state index >= 15 is 0 Å². The molecule has 1 atom stereocenters. The number of rotatable bonds is 4. The molecule has 1 aromatic carbocycles. The van der Waals surface area contributed by atoms with Gasteiger partial charge in [0, 0.05) is 36.5 Å². The van der Waals surface area contributed by atoms with Gasteiger partial charge in [-0.05, 0) is 31.7 Å². The van der Waals surface area contributed by atoms with Crippen LogP contribution in [-0.4, -0.2) is 39.1 Å². The monoisotopic (exact) mass is 468 g/mol. The number of hydrogen-bond donors (Lipinski definition) is 0. The summed E-state index contributed by atoms with van der Waals surface area (Å²) in [6.45, 7) is 3.39. The second-order valence-corrected chi connectivity index (χ2v) is 9.26. The lowest BCUT2D eigenvalue weighted by atomic mass is 10.1. The van der Waals surface area contributed by atoms with Crippen molar-refractivity contribution in [3.63, 3.8) is 0 Å². The molecule has 2 aromatic heterocycles. The Labute approximate surface area is 185 Å². The number of fused-ring (bicyclic) bond motifs is 1. The first kappa shape index (κ1) is 20.6. The van der Waals surface area contributed by atoms with E-state index in [1.165, 1.54) is 12.5 Å². The zero-order valence-electron chi connectivity index (χ0n) is 16.7. The molecule has 3 aromatic rings. The van der Waals surface area contributed by atoms with Crippen LogP contribution in [0, 0.1) is 18.6 Å². The lowest BCUT2D eigenvalue weighted by Gasteiger charge is -2.31. The van der Waals surface area contributed by atoms with Gasteiger partial charge in [0.05, 0.1) is 10.7 Å². The average molecular weight is 469 g/mol. The summed E-state index contributed by atoms with van der Waals surface area (Å²) in [5.74, 6) is -2.66. The van der Waals surface area contributed by atoms with E-state index < -0.39 is 22.8 Å². The zero-order chi connectivity index (χ0) is 21.7. The Balaban J connectivity index is 1.51. The number of halogens is 3. The highest BCUT2D eigenvalue weighted by atomic mass is 35.5. The van der Waals surface area contributed by atoms with E-state index in [2.05, 4.69) is 14.9 Å². The molecule has 0 radical (unpaired) electrons. The molecule has 1 saturated heterocycles. The van der Waals surface area contributed by atoms with Gasteiger partial charge in [-0.3, -0.25) is 4.98 Å². The normalized spacial score (nSPS) is 16.9. The summed E-state index contributed by atoms with van der Waals surface area (Å²) in [7, 11) is 0. The number of pyridine rings is 1. The van der Waals surface area contributed by atoms with Crippen molar-refractivity contribution < 1.29 is 22.9 Å². The minimum Gasteiger partial charge on any atom is -0.609 e. The number of imidazole rings is 1. The summed E-state index contributed by atoms with van der Waals surface area (Å²) < 4.78 is 47.9. The van der Waals surface area contributed by atoms with Gasteiger partial charge in [0.25, 0.3) is 6.79 Å². The molecule has 2 aliphatic rings. The average Bonchev–Trinajstić information content (AvgIpc) is 3.01. The summed E-state index contributed by atoms with van der Waals surface area (Å²) >= 11 is 4.90. The smallest absolute Gasteiger partial charge is 0.358 e. The number of anilines is 1. The number of benzene rings is 1. The van der Waals surface area contributed by atoms with Crippen LogP contribution < -0.4 is 14.5 Å². The summed E-state index contributed by atoms with van der Waals surface area (Å²) in [5.41, 5.74) is 2.17. The van der Waals surface area contributed by atoms with Crippen molar-refractivity contribution >= 4 is 39.5 Å². The number of nitrogens with zero attached hydrogens (tertiary/aromatic N) is 4. The Morgan fingerprint density at radius 3 is 2.77 bits per heavy atom. The Bertz CT molecular complexity index is 1170. The number of hydrogen-bond acceptors (Lipinski definition) is 6. The van der Waals surface area contributed by atoms with Gasteiger partial charge >= 0.3 is 5.16 Å². The Morgan fingerprint density at radius 2 is 2.00 bits per heavy atom. The quantitative estimate of drug-likeness (QED) is 0.543. The Hall–Kier alpha value is -2.30. The maximum atomic E-state index is 14.4. The van der Waals surface area contributed by atoms with E-state index in [1.807, 2.05) is 6.92 Å². The first-order valence-electron chi connectivity index (χ1n) is 9.89. The maximum Gasteiger partial charge on any atom is 0.358 e. The van der Waals surface area contributed by atoms with E-state index in [9.17, 15) is 13.3 Å². The van der Waals surface area contributed by atoms with Crippen LogP contribution in [0.2, 0.25) is 5.02 Å². The van der Waals surface area contributed by atoms with Crippen LogP contribution in [0.5, 0.6) is 5.75 Å². The standard InChI is InChI=1S/C20H19ClF2N4O3S/c1-11-8-24-12(15(21)19(11)26-5-3-2-4-6-26)9-31(28)20-25-18-13-7-14(16(22)17(18)23)29-10-30-27(13)20/h7-8H,2-6,9-10H2,1H3. The minimum atomic E-state index is -1.79. The van der Waals surface area contributed by atoms with E-state index in [4.69, 9.17) is 21.2 Å². The van der Waals surface area contributed by atoms with E-state index in [-0.39, 0.29) is 34.5 Å². The van der Waals surface area contributed by atoms with Crippen LogP contribution >= 0.6 is 11.6 Å². The van der Waals surface area contributed by atoms with Crippen LogP contribution in [0.25, 0.3) is 11.0 Å². The molecule has 0 aliphatic carbocycles. The third-order valence-electron chi connectivity index (χ3n) is 5.52. The molecular weight excluding hydrogens is 450 g/mol. The van der Waals surface area contributed by atoms with Gasteiger partial charge in [-0.2, -0.15) is 9.37 Å². The predicted octanol–water partition coefficient (Wildman–Crippen LogP) is 3.75.